The van der Waals surface area contributed by atoms with Gasteiger partial charge in [-0.15, -0.1) is 0 Å². The topological polar surface area (TPSA) is 58.6 Å². The van der Waals surface area contributed by atoms with Gasteiger partial charge in [-0.1, -0.05) is 68.8 Å². The van der Waals surface area contributed by atoms with Crippen LogP contribution in [0.2, 0.25) is 0 Å². The maximum atomic E-state index is 13.2. The molecule has 0 unspecified atom stereocenters. The molecule has 0 radical (unpaired) electrons. The molecule has 31 heavy (non-hydrogen) atoms. The lowest BCUT2D eigenvalue weighted by Crippen LogP contribution is -2.49. The van der Waals surface area contributed by atoms with Crippen LogP contribution in [0, 0.1) is 12.8 Å². The Hall–Kier alpha value is -2.82. The number of aryl methyl sites for hydroxylation is 1. The Morgan fingerprint density at radius 3 is 2.45 bits per heavy atom. The third kappa shape index (κ3) is 8.44. The van der Waals surface area contributed by atoms with Crippen LogP contribution in [0.4, 0.5) is 0 Å². The Bertz CT molecular complexity index is 820. The van der Waals surface area contributed by atoms with Crippen LogP contribution >= 0.6 is 0 Å². The van der Waals surface area contributed by atoms with E-state index in [1.807, 2.05) is 62.4 Å². The Kier molecular flexibility index (Phi) is 10.1. The van der Waals surface area contributed by atoms with Crippen LogP contribution in [0.15, 0.2) is 54.6 Å². The van der Waals surface area contributed by atoms with E-state index < -0.39 is 6.04 Å². The summed E-state index contributed by atoms with van der Waals surface area (Å²) in [5, 5.41) is 3.00. The lowest BCUT2D eigenvalue weighted by molar-refractivity contribution is -0.141. The molecule has 0 heterocycles. The smallest absolute Gasteiger partial charge is 0.242 e. The van der Waals surface area contributed by atoms with Gasteiger partial charge in [-0.25, -0.2) is 0 Å². The van der Waals surface area contributed by atoms with Crippen molar-refractivity contribution in [2.75, 3.05) is 13.2 Å². The minimum absolute atomic E-state index is 0.0234. The van der Waals surface area contributed by atoms with E-state index in [2.05, 4.69) is 25.2 Å². The van der Waals surface area contributed by atoms with E-state index in [1.165, 1.54) is 0 Å². The molecule has 2 aromatic rings. The molecule has 168 valence electrons. The Morgan fingerprint density at radius 2 is 1.81 bits per heavy atom. The monoisotopic (exact) mass is 424 g/mol. The van der Waals surface area contributed by atoms with Gasteiger partial charge in [0.2, 0.25) is 11.8 Å². The Labute approximate surface area is 186 Å². The van der Waals surface area contributed by atoms with Crippen molar-refractivity contribution in [1.29, 1.82) is 0 Å². The third-order valence-electron chi connectivity index (χ3n) is 5.05. The van der Waals surface area contributed by atoms with E-state index in [4.69, 9.17) is 4.74 Å². The summed E-state index contributed by atoms with van der Waals surface area (Å²) in [6, 6.07) is 17.2. The lowest BCUT2D eigenvalue weighted by atomic mass is 10.1. The molecule has 2 rings (SSSR count). The minimum atomic E-state index is -0.484. The Balaban J connectivity index is 2.05. The number of ether oxygens (including phenoxy) is 1. The van der Waals surface area contributed by atoms with Crippen molar-refractivity contribution in [3.05, 3.63) is 65.7 Å². The fourth-order valence-corrected chi connectivity index (χ4v) is 3.42. The van der Waals surface area contributed by atoms with Crippen LogP contribution in [0.1, 0.15) is 51.2 Å². The van der Waals surface area contributed by atoms with E-state index >= 15 is 0 Å². The molecule has 5 heteroatoms. The van der Waals surface area contributed by atoms with Gasteiger partial charge in [0.15, 0.2) is 0 Å². The fourth-order valence-electron chi connectivity index (χ4n) is 3.42. The fraction of sp³-hybridized carbons (Fsp3) is 0.462. The first kappa shape index (κ1) is 24.4. The number of carbonyl (C=O) groups excluding carboxylic acids is 2. The minimum Gasteiger partial charge on any atom is -0.494 e. The second-order valence-electron chi connectivity index (χ2n) is 8.34. The molecule has 0 spiro atoms. The van der Waals surface area contributed by atoms with E-state index in [-0.39, 0.29) is 11.8 Å². The van der Waals surface area contributed by atoms with Gasteiger partial charge in [-0.2, -0.15) is 0 Å². The number of nitrogens with one attached hydrogen (secondary N) is 1. The van der Waals surface area contributed by atoms with Gasteiger partial charge in [0.05, 0.1) is 6.61 Å². The van der Waals surface area contributed by atoms with Gasteiger partial charge in [0, 0.05) is 19.5 Å². The average molecular weight is 425 g/mol. The van der Waals surface area contributed by atoms with Gasteiger partial charge in [0.25, 0.3) is 0 Å². The number of rotatable bonds is 12. The van der Waals surface area contributed by atoms with Crippen molar-refractivity contribution in [3.8, 4) is 5.75 Å². The van der Waals surface area contributed by atoms with Crippen LogP contribution in [0.25, 0.3) is 0 Å². The van der Waals surface area contributed by atoms with Gasteiger partial charge in [0.1, 0.15) is 11.8 Å². The SMILES string of the molecule is CC[C@H](C(=O)NCC(C)C)N(Cc1cccc(C)c1)C(=O)CCCOc1ccccc1. The molecular formula is C26H36N2O3. The molecule has 0 saturated carbocycles. The highest BCUT2D eigenvalue weighted by Gasteiger charge is 2.28. The molecule has 0 aliphatic rings. The summed E-state index contributed by atoms with van der Waals surface area (Å²) in [5.74, 6) is 1.05. The largest absolute Gasteiger partial charge is 0.494 e. The van der Waals surface area contributed by atoms with Crippen LogP contribution in [0.5, 0.6) is 5.75 Å². The summed E-state index contributed by atoms with van der Waals surface area (Å²) in [7, 11) is 0. The molecule has 2 aromatic carbocycles. The number of hydrogen-bond acceptors (Lipinski definition) is 3. The van der Waals surface area contributed by atoms with Gasteiger partial charge < -0.3 is 15.0 Å². The van der Waals surface area contributed by atoms with Crippen molar-refractivity contribution in [2.45, 2.75) is 59.5 Å². The van der Waals surface area contributed by atoms with E-state index in [9.17, 15) is 9.59 Å². The number of para-hydroxylation sites is 1. The maximum Gasteiger partial charge on any atom is 0.242 e. The molecule has 5 nitrogen and oxygen atoms in total. The second kappa shape index (κ2) is 12.8. The molecule has 1 atom stereocenters. The average Bonchev–Trinajstić information content (AvgIpc) is 2.75. The second-order valence-corrected chi connectivity index (χ2v) is 8.34. The zero-order valence-electron chi connectivity index (χ0n) is 19.3. The van der Waals surface area contributed by atoms with Gasteiger partial charge in [-0.3, -0.25) is 9.59 Å². The number of benzene rings is 2. The van der Waals surface area contributed by atoms with Crippen molar-refractivity contribution in [3.63, 3.8) is 0 Å². The normalized spacial score (nSPS) is 11.8. The molecule has 0 aliphatic heterocycles. The van der Waals surface area contributed by atoms with Crippen LogP contribution in [-0.4, -0.2) is 35.9 Å². The van der Waals surface area contributed by atoms with Crippen LogP contribution < -0.4 is 10.1 Å². The molecule has 0 aliphatic carbocycles. The number of amides is 2. The van der Waals surface area contributed by atoms with Crippen molar-refractivity contribution < 1.29 is 14.3 Å². The molecule has 1 N–H and O–H groups in total. The molecule has 2 amide bonds. The zero-order valence-corrected chi connectivity index (χ0v) is 19.3. The van der Waals surface area contributed by atoms with Gasteiger partial charge >= 0.3 is 0 Å². The number of hydrogen-bond donors (Lipinski definition) is 1. The van der Waals surface area contributed by atoms with Crippen LogP contribution in [-0.2, 0) is 16.1 Å². The predicted molar refractivity (Wildman–Crippen MR) is 125 cm³/mol. The van der Waals surface area contributed by atoms with E-state index in [0.29, 0.717) is 44.9 Å². The summed E-state index contributed by atoms with van der Waals surface area (Å²) in [6.07, 6.45) is 1.51. The quantitative estimate of drug-likeness (QED) is 0.501. The summed E-state index contributed by atoms with van der Waals surface area (Å²) >= 11 is 0. The summed E-state index contributed by atoms with van der Waals surface area (Å²) in [6.45, 7) is 9.59. The third-order valence-corrected chi connectivity index (χ3v) is 5.05. The molecular weight excluding hydrogens is 388 g/mol. The van der Waals surface area contributed by atoms with Crippen molar-refractivity contribution >= 4 is 11.8 Å². The first-order valence-corrected chi connectivity index (χ1v) is 11.2. The predicted octanol–water partition coefficient (Wildman–Crippen LogP) is 4.73. The summed E-state index contributed by atoms with van der Waals surface area (Å²) < 4.78 is 5.72. The summed E-state index contributed by atoms with van der Waals surface area (Å²) in [5.41, 5.74) is 2.17. The highest BCUT2D eigenvalue weighted by Crippen LogP contribution is 2.16. The molecule has 0 saturated heterocycles. The van der Waals surface area contributed by atoms with Crippen LogP contribution in [0.3, 0.4) is 0 Å². The number of carbonyl (C=O) groups is 2. The zero-order chi connectivity index (χ0) is 22.6. The first-order valence-electron chi connectivity index (χ1n) is 11.2. The van der Waals surface area contributed by atoms with Crippen molar-refractivity contribution in [1.82, 2.24) is 10.2 Å². The first-order chi connectivity index (χ1) is 14.9. The lowest BCUT2D eigenvalue weighted by Gasteiger charge is -2.31. The maximum absolute atomic E-state index is 13.2. The standard InChI is InChI=1S/C26H36N2O3/c1-5-24(26(30)27-18-20(2)3)28(19-22-12-9-11-21(4)17-22)25(29)15-10-16-31-23-13-7-6-8-14-23/h6-9,11-14,17,20,24H,5,10,15-16,18-19H2,1-4H3,(H,27,30)/t24-/m1/s1. The molecule has 0 aromatic heterocycles. The molecule has 0 bridgehead atoms. The number of nitrogens with zero attached hydrogens (tertiary/aromatic N) is 1. The van der Waals surface area contributed by atoms with E-state index in [0.717, 1.165) is 16.9 Å². The highest BCUT2D eigenvalue weighted by atomic mass is 16.5. The van der Waals surface area contributed by atoms with E-state index in [1.54, 1.807) is 4.90 Å². The summed E-state index contributed by atoms with van der Waals surface area (Å²) in [4.78, 5) is 27.8. The molecule has 0 fully saturated rings. The Morgan fingerprint density at radius 1 is 1.06 bits per heavy atom. The van der Waals surface area contributed by atoms with Crippen molar-refractivity contribution in [2.24, 2.45) is 5.92 Å². The highest BCUT2D eigenvalue weighted by molar-refractivity contribution is 5.87. The van der Waals surface area contributed by atoms with Gasteiger partial charge in [-0.05, 0) is 43.4 Å².